The van der Waals surface area contributed by atoms with Gasteiger partial charge in [0, 0.05) is 42.7 Å². The van der Waals surface area contributed by atoms with Gasteiger partial charge in [-0.1, -0.05) is 88.7 Å². The lowest BCUT2D eigenvalue weighted by Crippen LogP contribution is -1.92. The van der Waals surface area contributed by atoms with E-state index < -0.39 is 0 Å². The van der Waals surface area contributed by atoms with Crippen LogP contribution < -0.4 is 0 Å². The summed E-state index contributed by atoms with van der Waals surface area (Å²) < 4.78 is 3.42. The zero-order valence-electron chi connectivity index (χ0n) is 17.9. The van der Waals surface area contributed by atoms with Gasteiger partial charge in [0.15, 0.2) is 0 Å². The lowest BCUT2D eigenvalue weighted by Gasteiger charge is -2.07. The van der Waals surface area contributed by atoms with Crippen LogP contribution in [0, 0.1) is 0 Å². The normalized spacial score (nSPS) is 11.2. The van der Waals surface area contributed by atoms with Crippen molar-refractivity contribution in [2.45, 2.75) is 0 Å². The molecule has 0 atom stereocenters. The number of rotatable bonds is 1. The van der Waals surface area contributed by atoms with E-state index in [-0.39, 0.29) is 0 Å². The average molecular weight is 489 g/mol. The van der Waals surface area contributed by atoms with E-state index in [0.717, 1.165) is 4.47 Å². The summed E-state index contributed by atoms with van der Waals surface area (Å²) in [5.41, 5.74) is 6.10. The van der Waals surface area contributed by atoms with Crippen LogP contribution in [0.15, 0.2) is 126 Å². The molecule has 0 aliphatic carbocycles. The van der Waals surface area contributed by atoms with Crippen LogP contribution in [0.25, 0.3) is 49.3 Å². The number of halogens is 1. The molecule has 0 saturated carbocycles. The van der Waals surface area contributed by atoms with Crippen molar-refractivity contribution in [3.63, 3.8) is 0 Å². The molecule has 33 heavy (non-hydrogen) atoms. The Morgan fingerprint density at radius 1 is 0.455 bits per heavy atom. The third-order valence-corrected chi connectivity index (χ3v) is 6.61. The van der Waals surface area contributed by atoms with E-state index in [2.05, 4.69) is 147 Å². The Kier molecular flexibility index (Phi) is 4.97. The number of aromatic nitrogens is 2. The highest BCUT2D eigenvalue weighted by Gasteiger charge is 2.10. The molecule has 7 rings (SSSR count). The zero-order valence-corrected chi connectivity index (χ0v) is 19.5. The van der Waals surface area contributed by atoms with Gasteiger partial charge in [-0.3, -0.25) is 0 Å². The van der Waals surface area contributed by atoms with Crippen LogP contribution >= 0.6 is 15.9 Å². The van der Waals surface area contributed by atoms with Crippen molar-refractivity contribution >= 4 is 59.5 Å². The van der Waals surface area contributed by atoms with Crippen molar-refractivity contribution in [3.8, 4) is 5.69 Å². The Morgan fingerprint density at radius 3 is 1.39 bits per heavy atom. The second-order valence-electron chi connectivity index (χ2n) is 8.06. The molecule has 2 heterocycles. The minimum Gasteiger partial charge on any atom is -0.355 e. The van der Waals surface area contributed by atoms with Crippen molar-refractivity contribution in [1.29, 1.82) is 0 Å². The number of aromatic amines is 1. The second kappa shape index (κ2) is 8.27. The van der Waals surface area contributed by atoms with Gasteiger partial charge in [0.2, 0.25) is 0 Å². The Bertz CT molecular complexity index is 1620. The SMILES string of the molecule is Brc1ccc(-n2c3ccccc3c3ccccc32)cc1.c1ccc2c(c1)[nH]c1ccccc12. The topological polar surface area (TPSA) is 20.7 Å². The number of fused-ring (bicyclic) bond motifs is 6. The van der Waals surface area contributed by atoms with E-state index in [9.17, 15) is 0 Å². The number of para-hydroxylation sites is 4. The first kappa shape index (κ1) is 19.8. The predicted molar refractivity (Wildman–Crippen MR) is 144 cm³/mol. The van der Waals surface area contributed by atoms with Crippen LogP contribution in [-0.2, 0) is 0 Å². The predicted octanol–water partition coefficient (Wildman–Crippen LogP) is 8.87. The molecule has 2 nitrogen and oxygen atoms in total. The zero-order chi connectivity index (χ0) is 22.2. The maximum Gasteiger partial charge on any atom is 0.0541 e. The monoisotopic (exact) mass is 488 g/mol. The average Bonchev–Trinajstić information content (AvgIpc) is 3.41. The number of nitrogens with zero attached hydrogens (tertiary/aromatic N) is 1. The molecule has 0 spiro atoms. The van der Waals surface area contributed by atoms with E-state index >= 15 is 0 Å². The highest BCUT2D eigenvalue weighted by molar-refractivity contribution is 9.10. The lowest BCUT2D eigenvalue weighted by molar-refractivity contribution is 1.18. The van der Waals surface area contributed by atoms with Gasteiger partial charge in [0.1, 0.15) is 0 Å². The first-order valence-corrected chi connectivity index (χ1v) is 11.8. The molecular weight excluding hydrogens is 468 g/mol. The second-order valence-corrected chi connectivity index (χ2v) is 8.98. The van der Waals surface area contributed by atoms with E-state index in [1.165, 1.54) is 49.3 Å². The molecule has 0 amide bonds. The Morgan fingerprint density at radius 2 is 0.879 bits per heavy atom. The molecule has 0 fully saturated rings. The Balaban J connectivity index is 0.000000137. The van der Waals surface area contributed by atoms with Gasteiger partial charge in [-0.2, -0.15) is 0 Å². The van der Waals surface area contributed by atoms with Crippen molar-refractivity contribution in [2.24, 2.45) is 0 Å². The van der Waals surface area contributed by atoms with Crippen molar-refractivity contribution in [3.05, 3.63) is 126 Å². The van der Waals surface area contributed by atoms with E-state index in [0.29, 0.717) is 0 Å². The largest absolute Gasteiger partial charge is 0.355 e. The standard InChI is InChI=1S/C18H12BrN.C12H9N/c19-13-9-11-14(12-10-13)20-17-7-3-1-5-15(17)16-6-2-4-8-18(16)20;1-3-7-11-9(5-1)10-6-2-4-8-12(10)13-11/h1-12H;1-8,13H. The van der Waals surface area contributed by atoms with Gasteiger partial charge in [0.05, 0.1) is 11.0 Å². The van der Waals surface area contributed by atoms with Gasteiger partial charge in [-0.05, 0) is 48.5 Å². The van der Waals surface area contributed by atoms with E-state index in [4.69, 9.17) is 0 Å². The van der Waals surface area contributed by atoms with Gasteiger partial charge in [-0.25, -0.2) is 0 Å². The van der Waals surface area contributed by atoms with Crippen LogP contribution in [0.3, 0.4) is 0 Å². The number of nitrogens with one attached hydrogen (secondary N) is 1. The van der Waals surface area contributed by atoms with Gasteiger partial charge in [0.25, 0.3) is 0 Å². The third kappa shape index (κ3) is 3.51. The summed E-state index contributed by atoms with van der Waals surface area (Å²) in [5.74, 6) is 0. The fraction of sp³-hybridized carbons (Fsp3) is 0. The van der Waals surface area contributed by atoms with Crippen LogP contribution in [0.4, 0.5) is 0 Å². The molecule has 1 N–H and O–H groups in total. The molecule has 0 aliphatic heterocycles. The summed E-state index contributed by atoms with van der Waals surface area (Å²) in [6.07, 6.45) is 0. The molecule has 0 radical (unpaired) electrons. The summed E-state index contributed by atoms with van der Waals surface area (Å²) in [6.45, 7) is 0. The number of benzene rings is 5. The summed E-state index contributed by atoms with van der Waals surface area (Å²) in [5, 5.41) is 5.20. The molecule has 0 bridgehead atoms. The maximum absolute atomic E-state index is 3.50. The summed E-state index contributed by atoms with van der Waals surface area (Å²) in [4.78, 5) is 3.38. The van der Waals surface area contributed by atoms with Crippen LogP contribution in [0.5, 0.6) is 0 Å². The number of H-pyrrole nitrogens is 1. The Hall–Kier alpha value is -3.82. The molecule has 5 aromatic carbocycles. The van der Waals surface area contributed by atoms with Gasteiger partial charge in [-0.15, -0.1) is 0 Å². The first-order chi connectivity index (χ1) is 16.3. The van der Waals surface area contributed by atoms with Crippen LogP contribution in [0.2, 0.25) is 0 Å². The minimum absolute atomic E-state index is 1.10. The number of hydrogen-bond acceptors (Lipinski definition) is 0. The molecule has 0 unspecified atom stereocenters. The van der Waals surface area contributed by atoms with Crippen molar-refractivity contribution in [1.82, 2.24) is 9.55 Å². The summed E-state index contributed by atoms with van der Waals surface area (Å²) >= 11 is 3.50. The van der Waals surface area contributed by atoms with Crippen LogP contribution in [0.1, 0.15) is 0 Å². The third-order valence-electron chi connectivity index (χ3n) is 6.08. The quantitative estimate of drug-likeness (QED) is 0.238. The highest BCUT2D eigenvalue weighted by atomic mass is 79.9. The molecule has 3 heteroatoms. The molecule has 0 aliphatic rings. The smallest absolute Gasteiger partial charge is 0.0541 e. The highest BCUT2D eigenvalue weighted by Crippen LogP contribution is 2.32. The lowest BCUT2D eigenvalue weighted by atomic mass is 10.2. The fourth-order valence-electron chi connectivity index (χ4n) is 4.59. The van der Waals surface area contributed by atoms with Crippen LogP contribution in [-0.4, -0.2) is 9.55 Å². The molecule has 0 saturated heterocycles. The minimum atomic E-state index is 1.10. The van der Waals surface area contributed by atoms with Gasteiger partial charge < -0.3 is 9.55 Å². The van der Waals surface area contributed by atoms with Crippen molar-refractivity contribution in [2.75, 3.05) is 0 Å². The Labute approximate surface area is 200 Å². The fourth-order valence-corrected chi connectivity index (χ4v) is 4.85. The summed E-state index contributed by atoms with van der Waals surface area (Å²) in [7, 11) is 0. The van der Waals surface area contributed by atoms with E-state index in [1.807, 2.05) is 0 Å². The summed E-state index contributed by atoms with van der Waals surface area (Å²) in [6, 6.07) is 42.3. The molecule has 2 aromatic heterocycles. The number of hydrogen-bond donors (Lipinski definition) is 1. The van der Waals surface area contributed by atoms with E-state index in [1.54, 1.807) is 0 Å². The first-order valence-electron chi connectivity index (χ1n) is 11.0. The maximum atomic E-state index is 3.50. The molecule has 158 valence electrons. The molecule has 7 aromatic rings. The van der Waals surface area contributed by atoms with Gasteiger partial charge >= 0.3 is 0 Å². The van der Waals surface area contributed by atoms with Crippen molar-refractivity contribution < 1.29 is 0 Å². The molecular formula is C30H21BrN2.